The summed E-state index contributed by atoms with van der Waals surface area (Å²) in [6.45, 7) is 7.42. The first-order chi connectivity index (χ1) is 10.1. The normalized spacial score (nSPS) is 25.9. The molecule has 5 heteroatoms. The summed E-state index contributed by atoms with van der Waals surface area (Å²) in [6, 6.07) is 4.38. The summed E-state index contributed by atoms with van der Waals surface area (Å²) in [4.78, 5) is 20.8. The van der Waals surface area contributed by atoms with E-state index in [2.05, 4.69) is 21.7 Å². The van der Waals surface area contributed by atoms with Crippen LogP contribution in [0.5, 0.6) is 0 Å². The average Bonchev–Trinajstić information content (AvgIpc) is 2.92. The van der Waals surface area contributed by atoms with Gasteiger partial charge in [-0.3, -0.25) is 4.90 Å². The summed E-state index contributed by atoms with van der Waals surface area (Å²) >= 11 is 0. The number of carbonyl (C=O) groups is 1. The van der Waals surface area contributed by atoms with E-state index < -0.39 is 5.97 Å². The van der Waals surface area contributed by atoms with E-state index in [-0.39, 0.29) is 0 Å². The second-order valence-corrected chi connectivity index (χ2v) is 6.16. The molecule has 0 aromatic carbocycles. The number of fused-ring (bicyclic) bond motifs is 1. The van der Waals surface area contributed by atoms with Crippen molar-refractivity contribution in [1.29, 1.82) is 0 Å². The van der Waals surface area contributed by atoms with Gasteiger partial charge < -0.3 is 10.0 Å². The lowest BCUT2D eigenvalue weighted by Gasteiger charge is -2.43. The van der Waals surface area contributed by atoms with Crippen molar-refractivity contribution >= 4 is 11.8 Å². The molecule has 0 aliphatic carbocycles. The molecule has 2 fully saturated rings. The minimum atomic E-state index is -0.875. The summed E-state index contributed by atoms with van der Waals surface area (Å²) in [5, 5.41) is 9.29. The van der Waals surface area contributed by atoms with E-state index in [1.54, 1.807) is 12.1 Å². The van der Waals surface area contributed by atoms with Crippen LogP contribution in [-0.4, -0.2) is 52.7 Å². The summed E-state index contributed by atoms with van der Waals surface area (Å²) < 4.78 is 0. The first-order valence-corrected chi connectivity index (χ1v) is 7.83. The van der Waals surface area contributed by atoms with Crippen LogP contribution in [0.2, 0.25) is 0 Å². The molecule has 3 heterocycles. The Morgan fingerprint density at radius 1 is 1.43 bits per heavy atom. The van der Waals surface area contributed by atoms with Gasteiger partial charge in [-0.15, -0.1) is 0 Å². The third-order valence-electron chi connectivity index (χ3n) is 4.71. The zero-order valence-electron chi connectivity index (χ0n) is 12.7. The third kappa shape index (κ3) is 2.75. The van der Waals surface area contributed by atoms with Crippen LogP contribution >= 0.6 is 0 Å². The van der Waals surface area contributed by atoms with Crippen molar-refractivity contribution in [2.75, 3.05) is 24.5 Å². The Labute approximate surface area is 125 Å². The molecule has 5 nitrogen and oxygen atoms in total. The summed E-state index contributed by atoms with van der Waals surface area (Å²) in [5.41, 5.74) is 1.20. The highest BCUT2D eigenvalue weighted by atomic mass is 16.4. The molecule has 2 atom stereocenters. The summed E-state index contributed by atoms with van der Waals surface area (Å²) in [7, 11) is 0. The molecule has 2 aliphatic heterocycles. The summed E-state index contributed by atoms with van der Waals surface area (Å²) in [5.74, 6) is -0.0497. The van der Waals surface area contributed by atoms with Gasteiger partial charge in [0.1, 0.15) is 5.82 Å². The van der Waals surface area contributed by atoms with Gasteiger partial charge in [0.25, 0.3) is 0 Å². The van der Waals surface area contributed by atoms with Crippen LogP contribution in [0.3, 0.4) is 0 Å². The molecule has 0 spiro atoms. The van der Waals surface area contributed by atoms with Crippen LogP contribution in [0, 0.1) is 0 Å². The molecule has 21 heavy (non-hydrogen) atoms. The molecule has 0 saturated carbocycles. The van der Waals surface area contributed by atoms with Gasteiger partial charge in [0.15, 0.2) is 0 Å². The molecule has 114 valence electrons. The first kappa shape index (κ1) is 14.3. The van der Waals surface area contributed by atoms with Gasteiger partial charge in [-0.2, -0.15) is 0 Å². The highest BCUT2D eigenvalue weighted by Crippen LogP contribution is 2.28. The molecule has 0 radical (unpaired) electrons. The van der Waals surface area contributed by atoms with E-state index >= 15 is 0 Å². The van der Waals surface area contributed by atoms with Gasteiger partial charge in [-0.1, -0.05) is 6.92 Å². The Balaban J connectivity index is 1.91. The number of aromatic carboxylic acids is 1. The van der Waals surface area contributed by atoms with E-state index in [4.69, 9.17) is 0 Å². The number of carboxylic acids is 1. The number of pyridine rings is 1. The quantitative estimate of drug-likeness (QED) is 0.922. The third-order valence-corrected chi connectivity index (χ3v) is 4.71. The molecule has 1 N–H and O–H groups in total. The lowest BCUT2D eigenvalue weighted by atomic mass is 10.1. The lowest BCUT2D eigenvalue weighted by Crippen LogP contribution is -2.55. The predicted molar refractivity (Wildman–Crippen MR) is 82.0 cm³/mol. The minimum absolute atomic E-state index is 0.345. The Morgan fingerprint density at radius 2 is 2.24 bits per heavy atom. The van der Waals surface area contributed by atoms with Gasteiger partial charge >= 0.3 is 5.97 Å². The number of anilines is 1. The Kier molecular flexibility index (Phi) is 3.85. The van der Waals surface area contributed by atoms with Gasteiger partial charge in [0.05, 0.1) is 5.56 Å². The van der Waals surface area contributed by atoms with Gasteiger partial charge in [-0.25, -0.2) is 9.78 Å². The minimum Gasteiger partial charge on any atom is -0.478 e. The fourth-order valence-electron chi connectivity index (χ4n) is 3.53. The fraction of sp³-hybridized carbons (Fsp3) is 0.625. The number of nitrogens with zero attached hydrogens (tertiary/aromatic N) is 3. The van der Waals surface area contributed by atoms with Crippen LogP contribution in [0.25, 0.3) is 0 Å². The van der Waals surface area contributed by atoms with Crippen LogP contribution in [-0.2, 0) is 6.42 Å². The maximum Gasteiger partial charge on any atom is 0.335 e. The van der Waals surface area contributed by atoms with Crippen molar-refractivity contribution in [3.05, 3.63) is 23.4 Å². The molecular weight excluding hydrogens is 266 g/mol. The highest BCUT2D eigenvalue weighted by molar-refractivity contribution is 5.88. The van der Waals surface area contributed by atoms with E-state index in [1.165, 1.54) is 19.4 Å². The second-order valence-electron chi connectivity index (χ2n) is 6.16. The zero-order valence-corrected chi connectivity index (χ0v) is 12.7. The van der Waals surface area contributed by atoms with Crippen LogP contribution < -0.4 is 4.90 Å². The first-order valence-electron chi connectivity index (χ1n) is 7.83. The van der Waals surface area contributed by atoms with Crippen LogP contribution in [0.15, 0.2) is 12.1 Å². The number of carboxylic acid groups (broad SMARTS) is 1. The molecule has 3 rings (SSSR count). The van der Waals surface area contributed by atoms with E-state index in [0.29, 0.717) is 17.6 Å². The molecule has 0 amide bonds. The standard InChI is InChI=1S/C16H23N3O2/c1-3-13-7-12(16(20)21)8-15(17-13)19-10-14-5-4-6-18(14)9-11(19)2/h7-8,11,14H,3-6,9-10H2,1-2H3,(H,20,21). The summed E-state index contributed by atoms with van der Waals surface area (Å²) in [6.07, 6.45) is 3.27. The van der Waals surface area contributed by atoms with E-state index in [0.717, 1.165) is 31.0 Å². The van der Waals surface area contributed by atoms with Crippen molar-refractivity contribution < 1.29 is 9.90 Å². The number of hydrogen-bond acceptors (Lipinski definition) is 4. The number of piperazine rings is 1. The molecule has 1 aromatic rings. The molecule has 2 saturated heterocycles. The Hall–Kier alpha value is -1.62. The second kappa shape index (κ2) is 5.64. The molecule has 0 bridgehead atoms. The monoisotopic (exact) mass is 289 g/mol. The largest absolute Gasteiger partial charge is 0.478 e. The number of aromatic nitrogens is 1. The molecular formula is C16H23N3O2. The maximum absolute atomic E-state index is 11.3. The van der Waals surface area contributed by atoms with Crippen molar-refractivity contribution in [2.45, 2.75) is 45.2 Å². The van der Waals surface area contributed by atoms with Crippen LogP contribution in [0.1, 0.15) is 42.7 Å². The predicted octanol–water partition coefficient (Wildman–Crippen LogP) is 2.02. The SMILES string of the molecule is CCc1cc(C(=O)O)cc(N2CC3CCCN3CC2C)n1. The van der Waals surface area contributed by atoms with Crippen molar-refractivity contribution in [3.8, 4) is 0 Å². The molecule has 2 aliphatic rings. The topological polar surface area (TPSA) is 56.7 Å². The zero-order chi connectivity index (χ0) is 15.0. The number of rotatable bonds is 3. The average molecular weight is 289 g/mol. The Bertz CT molecular complexity index is 546. The van der Waals surface area contributed by atoms with Crippen LogP contribution in [0.4, 0.5) is 5.82 Å². The van der Waals surface area contributed by atoms with Crippen molar-refractivity contribution in [1.82, 2.24) is 9.88 Å². The van der Waals surface area contributed by atoms with E-state index in [9.17, 15) is 9.90 Å². The van der Waals surface area contributed by atoms with Gasteiger partial charge in [0.2, 0.25) is 0 Å². The van der Waals surface area contributed by atoms with Crippen molar-refractivity contribution in [2.24, 2.45) is 0 Å². The van der Waals surface area contributed by atoms with Gasteiger partial charge in [0, 0.05) is 30.9 Å². The van der Waals surface area contributed by atoms with Gasteiger partial charge in [-0.05, 0) is 44.9 Å². The number of aryl methyl sites for hydroxylation is 1. The van der Waals surface area contributed by atoms with Crippen molar-refractivity contribution in [3.63, 3.8) is 0 Å². The lowest BCUT2D eigenvalue weighted by molar-refractivity contribution is 0.0696. The number of hydrogen-bond donors (Lipinski definition) is 1. The Morgan fingerprint density at radius 3 is 2.95 bits per heavy atom. The highest BCUT2D eigenvalue weighted by Gasteiger charge is 2.35. The fourth-order valence-corrected chi connectivity index (χ4v) is 3.53. The smallest absolute Gasteiger partial charge is 0.335 e. The molecule has 2 unspecified atom stereocenters. The molecule has 1 aromatic heterocycles. The maximum atomic E-state index is 11.3. The van der Waals surface area contributed by atoms with E-state index in [1.807, 2.05) is 6.92 Å².